The van der Waals surface area contributed by atoms with Crippen molar-refractivity contribution in [2.45, 2.75) is 62.9 Å². The maximum Gasteiger partial charge on any atom is 0.274 e. The Balaban J connectivity index is 1.42. The Morgan fingerprint density at radius 1 is 1.20 bits per heavy atom. The summed E-state index contributed by atoms with van der Waals surface area (Å²) in [5.41, 5.74) is 0.803. The van der Waals surface area contributed by atoms with Crippen LogP contribution in [0.15, 0.2) is 35.4 Å². The second-order valence-electron chi connectivity index (χ2n) is 9.17. The van der Waals surface area contributed by atoms with Gasteiger partial charge in [0.2, 0.25) is 0 Å². The van der Waals surface area contributed by atoms with Crippen molar-refractivity contribution in [2.75, 3.05) is 24.8 Å². The number of nitrogens with zero attached hydrogens (tertiary/aromatic N) is 4. The number of halogens is 1. The molecule has 5 rings (SSSR count). The molecule has 10 nitrogen and oxygen atoms in total. The van der Waals surface area contributed by atoms with Gasteiger partial charge in [0.15, 0.2) is 5.65 Å². The number of methoxy groups -OCH3 is 1. The summed E-state index contributed by atoms with van der Waals surface area (Å²) in [6.07, 6.45) is 7.13. The van der Waals surface area contributed by atoms with Crippen molar-refractivity contribution in [1.82, 2.24) is 24.5 Å². The molecule has 35 heavy (non-hydrogen) atoms. The van der Waals surface area contributed by atoms with E-state index in [4.69, 9.17) is 4.74 Å². The molecule has 2 fully saturated rings. The Morgan fingerprint density at radius 2 is 2.00 bits per heavy atom. The van der Waals surface area contributed by atoms with E-state index in [2.05, 4.69) is 26.0 Å². The summed E-state index contributed by atoms with van der Waals surface area (Å²) < 4.78 is 22.4. The highest BCUT2D eigenvalue weighted by molar-refractivity contribution is 6.00. The number of hydrogen-bond donors (Lipinski definition) is 3. The first-order valence-electron chi connectivity index (χ1n) is 12.0. The molecule has 186 valence electrons. The molecular weight excluding hydrogens is 453 g/mol. The van der Waals surface area contributed by atoms with Gasteiger partial charge < -0.3 is 25.3 Å². The Hall–Kier alpha value is -3.47. The Labute approximate surface area is 201 Å². The summed E-state index contributed by atoms with van der Waals surface area (Å²) in [6, 6.07) is 4.91. The molecule has 0 bridgehead atoms. The molecular formula is C24H30FN7O3. The van der Waals surface area contributed by atoms with Crippen LogP contribution in [0.2, 0.25) is 0 Å². The lowest BCUT2D eigenvalue weighted by Crippen LogP contribution is -2.48. The number of aromatic nitrogens is 4. The normalized spacial score (nSPS) is 24.1. The molecule has 3 N–H and O–H groups in total. The monoisotopic (exact) mass is 483 g/mol. The van der Waals surface area contributed by atoms with Crippen LogP contribution in [0.4, 0.5) is 21.7 Å². The molecule has 0 radical (unpaired) electrons. The van der Waals surface area contributed by atoms with E-state index in [9.17, 15) is 14.0 Å². The van der Waals surface area contributed by atoms with Gasteiger partial charge in [-0.3, -0.25) is 9.59 Å². The van der Waals surface area contributed by atoms with Crippen LogP contribution in [-0.2, 0) is 4.74 Å². The third-order valence-electron chi connectivity index (χ3n) is 7.09. The minimum atomic E-state index is -1.02. The lowest BCUT2D eigenvalue weighted by atomic mass is 9.90. The molecule has 1 unspecified atom stereocenters. The van der Waals surface area contributed by atoms with Crippen molar-refractivity contribution in [3.05, 3.63) is 46.5 Å². The molecule has 0 aliphatic heterocycles. The Bertz CT molecular complexity index is 1280. The van der Waals surface area contributed by atoms with Crippen molar-refractivity contribution in [3.63, 3.8) is 0 Å². The highest BCUT2D eigenvalue weighted by atomic mass is 19.1. The maximum atomic E-state index is 13.7. The van der Waals surface area contributed by atoms with Gasteiger partial charge >= 0.3 is 0 Å². The smallest absolute Gasteiger partial charge is 0.274 e. The van der Waals surface area contributed by atoms with Gasteiger partial charge in [0.05, 0.1) is 18.3 Å². The summed E-state index contributed by atoms with van der Waals surface area (Å²) in [4.78, 5) is 30.6. The predicted molar refractivity (Wildman–Crippen MR) is 130 cm³/mol. The number of hydrogen-bond acceptors (Lipinski definition) is 7. The first-order valence-corrected chi connectivity index (χ1v) is 12.0. The van der Waals surface area contributed by atoms with Gasteiger partial charge in [0.25, 0.3) is 11.5 Å². The number of carbonyl (C=O) groups is 1. The van der Waals surface area contributed by atoms with Gasteiger partial charge in [-0.1, -0.05) is 0 Å². The summed E-state index contributed by atoms with van der Waals surface area (Å²) in [7, 11) is 3.46. The zero-order valence-electron chi connectivity index (χ0n) is 19.8. The van der Waals surface area contributed by atoms with Gasteiger partial charge in [-0.25, -0.2) is 9.37 Å². The third-order valence-corrected chi connectivity index (χ3v) is 7.09. The average molecular weight is 484 g/mol. The number of nitrogens with one attached hydrogen (secondary N) is 3. The Morgan fingerprint density at radius 3 is 2.66 bits per heavy atom. The van der Waals surface area contributed by atoms with E-state index in [-0.39, 0.29) is 23.3 Å². The van der Waals surface area contributed by atoms with E-state index in [1.807, 2.05) is 12.3 Å². The lowest BCUT2D eigenvalue weighted by molar-refractivity contribution is 0.0580. The van der Waals surface area contributed by atoms with E-state index in [0.717, 1.165) is 25.7 Å². The fourth-order valence-electron chi connectivity index (χ4n) is 4.82. The fourth-order valence-corrected chi connectivity index (χ4v) is 4.82. The first kappa shape index (κ1) is 23.3. The van der Waals surface area contributed by atoms with Crippen LogP contribution in [-0.4, -0.2) is 57.5 Å². The van der Waals surface area contributed by atoms with E-state index in [0.29, 0.717) is 35.8 Å². The maximum absolute atomic E-state index is 13.7. The molecule has 0 saturated heterocycles. The van der Waals surface area contributed by atoms with Crippen LogP contribution in [0.5, 0.6) is 0 Å². The molecule has 3 aromatic rings. The van der Waals surface area contributed by atoms with Crippen LogP contribution in [0.3, 0.4) is 0 Å². The molecule has 2 atom stereocenters. The van der Waals surface area contributed by atoms with Gasteiger partial charge in [-0.05, 0) is 50.7 Å². The molecule has 2 aliphatic carbocycles. The van der Waals surface area contributed by atoms with E-state index in [1.54, 1.807) is 30.9 Å². The van der Waals surface area contributed by atoms with Crippen LogP contribution in [0, 0.1) is 0 Å². The number of fused-ring (bicyclic) bond motifs is 1. The average Bonchev–Trinajstić information content (AvgIpc) is 3.31. The van der Waals surface area contributed by atoms with Crippen molar-refractivity contribution < 1.29 is 13.9 Å². The van der Waals surface area contributed by atoms with Crippen molar-refractivity contribution in [3.8, 4) is 0 Å². The molecule has 0 aromatic carbocycles. The zero-order chi connectivity index (χ0) is 24.5. The summed E-state index contributed by atoms with van der Waals surface area (Å²) in [5, 5.41) is 13.1. The number of alkyl halides is 1. The number of anilines is 3. The predicted octanol–water partition coefficient (Wildman–Crippen LogP) is 3.04. The minimum Gasteiger partial charge on any atom is -0.381 e. The van der Waals surface area contributed by atoms with E-state index >= 15 is 0 Å². The molecule has 0 spiro atoms. The standard InChI is InChI=1S/C24H30FN7O3/c1-26-21-12-20(30-22-16(13-27-32(21)22)23(33)29-18-10-9-17(18)25)28-19-4-3-11-31(24(19)34)14-5-7-15(35-2)8-6-14/h3-4,11-15,17-18,26H,5-10H2,1-2H3,(H,28,30)(H,29,33)/t14?,15?,17-,18?/m1/s1. The Kier molecular flexibility index (Phi) is 6.42. The molecule has 11 heteroatoms. The largest absolute Gasteiger partial charge is 0.381 e. The molecule has 2 saturated carbocycles. The van der Waals surface area contributed by atoms with Gasteiger partial charge in [0, 0.05) is 32.5 Å². The van der Waals surface area contributed by atoms with E-state index in [1.165, 1.54) is 10.7 Å². The SMILES string of the molecule is CNc1cc(Nc2cccn(C3CCC(OC)CC3)c2=O)nc2c(C(=O)NC3CC[C@H]3F)cnn12. The highest BCUT2D eigenvalue weighted by Gasteiger charge is 2.33. The van der Waals surface area contributed by atoms with Gasteiger partial charge in [0.1, 0.15) is 29.1 Å². The van der Waals surface area contributed by atoms with Crippen LogP contribution in [0.25, 0.3) is 5.65 Å². The van der Waals surface area contributed by atoms with Crippen molar-refractivity contribution in [2.24, 2.45) is 0 Å². The van der Waals surface area contributed by atoms with Crippen molar-refractivity contribution in [1.29, 1.82) is 0 Å². The second-order valence-corrected chi connectivity index (χ2v) is 9.17. The molecule has 2 aliphatic rings. The number of pyridine rings is 1. The van der Waals surface area contributed by atoms with Crippen LogP contribution < -0.4 is 21.5 Å². The first-order chi connectivity index (χ1) is 17.0. The van der Waals surface area contributed by atoms with Crippen LogP contribution >= 0.6 is 0 Å². The number of carbonyl (C=O) groups excluding carboxylic acids is 1. The molecule has 3 heterocycles. The van der Waals surface area contributed by atoms with Gasteiger partial charge in [-0.15, -0.1) is 0 Å². The number of amides is 1. The van der Waals surface area contributed by atoms with E-state index < -0.39 is 18.1 Å². The van der Waals surface area contributed by atoms with Gasteiger partial charge in [-0.2, -0.15) is 9.61 Å². The third kappa shape index (κ3) is 4.47. The second kappa shape index (κ2) is 9.65. The zero-order valence-corrected chi connectivity index (χ0v) is 19.8. The molecule has 1 amide bonds. The number of rotatable bonds is 7. The van der Waals surface area contributed by atoms with Crippen LogP contribution in [0.1, 0.15) is 54.9 Å². The minimum absolute atomic E-state index is 0.120. The van der Waals surface area contributed by atoms with Crippen molar-refractivity contribution >= 4 is 28.9 Å². The summed E-state index contributed by atoms with van der Waals surface area (Å²) >= 11 is 0. The summed E-state index contributed by atoms with van der Waals surface area (Å²) in [6.45, 7) is 0. The summed E-state index contributed by atoms with van der Waals surface area (Å²) in [5.74, 6) is 0.548. The molecule has 3 aromatic heterocycles. The lowest BCUT2D eigenvalue weighted by Gasteiger charge is -2.30. The quantitative estimate of drug-likeness (QED) is 0.473. The highest BCUT2D eigenvalue weighted by Crippen LogP contribution is 2.29. The topological polar surface area (TPSA) is 115 Å². The fraction of sp³-hybridized carbons (Fsp3) is 0.500. The number of ether oxygens (including phenoxy) is 1.